The molecule has 1 aromatic rings. The van der Waals surface area contributed by atoms with Gasteiger partial charge in [0.15, 0.2) is 0 Å². The van der Waals surface area contributed by atoms with E-state index in [0.717, 1.165) is 12.2 Å². The van der Waals surface area contributed by atoms with Gasteiger partial charge >= 0.3 is 0 Å². The molecule has 0 atom stereocenters. The van der Waals surface area contributed by atoms with Crippen LogP contribution in [0.5, 0.6) is 0 Å². The SMILES string of the molecule is CC(C)COCCOCc1ccnc(Cl)c1. The highest BCUT2D eigenvalue weighted by atomic mass is 35.5. The number of halogens is 1. The molecule has 0 spiro atoms. The summed E-state index contributed by atoms with van der Waals surface area (Å²) in [6.07, 6.45) is 1.68. The van der Waals surface area contributed by atoms with Gasteiger partial charge in [-0.15, -0.1) is 0 Å². The number of ether oxygens (including phenoxy) is 2. The van der Waals surface area contributed by atoms with Crippen molar-refractivity contribution in [3.63, 3.8) is 0 Å². The topological polar surface area (TPSA) is 31.4 Å². The van der Waals surface area contributed by atoms with E-state index >= 15 is 0 Å². The molecule has 0 N–H and O–H groups in total. The quantitative estimate of drug-likeness (QED) is 0.545. The van der Waals surface area contributed by atoms with Gasteiger partial charge in [-0.1, -0.05) is 25.4 Å². The highest BCUT2D eigenvalue weighted by Crippen LogP contribution is 2.07. The third-order valence-corrected chi connectivity index (χ3v) is 2.09. The first-order chi connectivity index (χ1) is 7.68. The molecule has 4 heteroatoms. The van der Waals surface area contributed by atoms with Crippen LogP contribution >= 0.6 is 11.6 Å². The van der Waals surface area contributed by atoms with Crippen LogP contribution in [0.3, 0.4) is 0 Å². The number of rotatable bonds is 7. The molecule has 0 amide bonds. The number of pyridine rings is 1. The van der Waals surface area contributed by atoms with Crippen LogP contribution in [0.1, 0.15) is 19.4 Å². The van der Waals surface area contributed by atoms with Crippen molar-refractivity contribution < 1.29 is 9.47 Å². The maximum absolute atomic E-state index is 5.75. The van der Waals surface area contributed by atoms with Gasteiger partial charge in [-0.25, -0.2) is 4.98 Å². The Morgan fingerprint density at radius 3 is 2.75 bits per heavy atom. The molecule has 0 fully saturated rings. The van der Waals surface area contributed by atoms with Gasteiger partial charge in [0, 0.05) is 12.8 Å². The van der Waals surface area contributed by atoms with Gasteiger partial charge < -0.3 is 9.47 Å². The van der Waals surface area contributed by atoms with Crippen molar-refractivity contribution in [2.24, 2.45) is 5.92 Å². The number of aromatic nitrogens is 1. The van der Waals surface area contributed by atoms with Gasteiger partial charge in [-0.3, -0.25) is 0 Å². The van der Waals surface area contributed by atoms with E-state index in [-0.39, 0.29) is 0 Å². The van der Waals surface area contributed by atoms with E-state index in [9.17, 15) is 0 Å². The van der Waals surface area contributed by atoms with E-state index in [1.165, 1.54) is 0 Å². The van der Waals surface area contributed by atoms with Gasteiger partial charge in [-0.05, 0) is 23.6 Å². The summed E-state index contributed by atoms with van der Waals surface area (Å²) in [4.78, 5) is 3.90. The van der Waals surface area contributed by atoms with Crippen molar-refractivity contribution in [3.05, 3.63) is 29.0 Å². The number of nitrogens with zero attached hydrogens (tertiary/aromatic N) is 1. The molecule has 1 aromatic heterocycles. The lowest BCUT2D eigenvalue weighted by molar-refractivity contribution is 0.0314. The molecule has 1 rings (SSSR count). The highest BCUT2D eigenvalue weighted by Gasteiger charge is 1.96. The maximum Gasteiger partial charge on any atom is 0.129 e. The highest BCUT2D eigenvalue weighted by molar-refractivity contribution is 6.29. The van der Waals surface area contributed by atoms with Crippen molar-refractivity contribution in [1.82, 2.24) is 4.98 Å². The molecular weight excluding hydrogens is 226 g/mol. The zero-order chi connectivity index (χ0) is 11.8. The minimum atomic E-state index is 0.497. The molecule has 0 saturated carbocycles. The minimum Gasteiger partial charge on any atom is -0.379 e. The van der Waals surface area contributed by atoms with Gasteiger partial charge in [0.2, 0.25) is 0 Å². The van der Waals surface area contributed by atoms with Crippen LogP contribution in [0.15, 0.2) is 18.3 Å². The summed E-state index contributed by atoms with van der Waals surface area (Å²) in [6, 6.07) is 3.69. The van der Waals surface area contributed by atoms with E-state index < -0.39 is 0 Å². The molecule has 3 nitrogen and oxygen atoms in total. The molecule has 0 aliphatic rings. The number of hydrogen-bond donors (Lipinski definition) is 0. The molecule has 0 aliphatic carbocycles. The van der Waals surface area contributed by atoms with Crippen LogP contribution < -0.4 is 0 Å². The Hall–Kier alpha value is -0.640. The third kappa shape index (κ3) is 6.05. The zero-order valence-electron chi connectivity index (χ0n) is 9.78. The fourth-order valence-corrected chi connectivity index (χ4v) is 1.36. The predicted octanol–water partition coefficient (Wildman–Crippen LogP) is 2.92. The van der Waals surface area contributed by atoms with E-state index in [1.807, 2.05) is 6.07 Å². The smallest absolute Gasteiger partial charge is 0.129 e. The molecular formula is C12H18ClNO2. The van der Waals surface area contributed by atoms with Gasteiger partial charge in [0.05, 0.1) is 19.8 Å². The summed E-state index contributed by atoms with van der Waals surface area (Å²) < 4.78 is 10.8. The van der Waals surface area contributed by atoms with Crippen molar-refractivity contribution in [2.75, 3.05) is 19.8 Å². The summed E-state index contributed by atoms with van der Waals surface area (Å²) in [5, 5.41) is 0.497. The molecule has 90 valence electrons. The second-order valence-corrected chi connectivity index (χ2v) is 4.40. The van der Waals surface area contributed by atoms with Gasteiger partial charge in [0.25, 0.3) is 0 Å². The Balaban J connectivity index is 2.07. The minimum absolute atomic E-state index is 0.497. The lowest BCUT2D eigenvalue weighted by Crippen LogP contribution is -2.08. The first kappa shape index (κ1) is 13.4. The summed E-state index contributed by atoms with van der Waals surface area (Å²) in [6.45, 7) is 6.82. The van der Waals surface area contributed by atoms with Crippen LogP contribution in [0.2, 0.25) is 5.15 Å². The summed E-state index contributed by atoms with van der Waals surface area (Å²) in [5.41, 5.74) is 1.03. The van der Waals surface area contributed by atoms with E-state index in [2.05, 4.69) is 18.8 Å². The Morgan fingerprint density at radius 1 is 1.31 bits per heavy atom. The largest absolute Gasteiger partial charge is 0.379 e. The summed E-state index contributed by atoms with van der Waals surface area (Å²) >= 11 is 5.75. The molecule has 16 heavy (non-hydrogen) atoms. The second kappa shape index (κ2) is 7.60. The third-order valence-electron chi connectivity index (χ3n) is 1.88. The monoisotopic (exact) mass is 243 g/mol. The first-order valence-corrected chi connectivity index (χ1v) is 5.82. The molecule has 0 saturated heterocycles. The Bertz CT molecular complexity index is 305. The standard InChI is InChI=1S/C12H18ClNO2/c1-10(2)8-15-5-6-16-9-11-3-4-14-12(13)7-11/h3-4,7,10H,5-6,8-9H2,1-2H3. The van der Waals surface area contributed by atoms with Crippen LogP contribution in [0, 0.1) is 5.92 Å². The fourth-order valence-electron chi connectivity index (χ4n) is 1.16. The Labute approximate surface area is 102 Å². The summed E-state index contributed by atoms with van der Waals surface area (Å²) in [5.74, 6) is 0.569. The van der Waals surface area contributed by atoms with Crippen LogP contribution in [0.25, 0.3) is 0 Å². The molecule has 1 heterocycles. The number of hydrogen-bond acceptors (Lipinski definition) is 3. The van der Waals surface area contributed by atoms with E-state index in [1.54, 1.807) is 12.3 Å². The lowest BCUT2D eigenvalue weighted by Gasteiger charge is -2.07. The van der Waals surface area contributed by atoms with Gasteiger partial charge in [-0.2, -0.15) is 0 Å². The fraction of sp³-hybridized carbons (Fsp3) is 0.583. The van der Waals surface area contributed by atoms with Gasteiger partial charge in [0.1, 0.15) is 5.15 Å². The first-order valence-electron chi connectivity index (χ1n) is 5.44. The normalized spacial score (nSPS) is 11.0. The average molecular weight is 244 g/mol. The van der Waals surface area contributed by atoms with Crippen molar-refractivity contribution in [1.29, 1.82) is 0 Å². The second-order valence-electron chi connectivity index (χ2n) is 4.01. The maximum atomic E-state index is 5.75. The van der Waals surface area contributed by atoms with Crippen LogP contribution in [0.4, 0.5) is 0 Å². The van der Waals surface area contributed by atoms with Crippen LogP contribution in [-0.4, -0.2) is 24.8 Å². The summed E-state index contributed by atoms with van der Waals surface area (Å²) in [7, 11) is 0. The molecule has 0 bridgehead atoms. The van der Waals surface area contributed by atoms with E-state index in [0.29, 0.717) is 30.9 Å². The molecule has 0 radical (unpaired) electrons. The Morgan fingerprint density at radius 2 is 2.06 bits per heavy atom. The lowest BCUT2D eigenvalue weighted by atomic mass is 10.2. The molecule has 0 aromatic carbocycles. The predicted molar refractivity (Wildman–Crippen MR) is 64.6 cm³/mol. The van der Waals surface area contributed by atoms with E-state index in [4.69, 9.17) is 21.1 Å². The van der Waals surface area contributed by atoms with Crippen LogP contribution in [-0.2, 0) is 16.1 Å². The Kier molecular flexibility index (Phi) is 6.38. The molecule has 0 unspecified atom stereocenters. The van der Waals surface area contributed by atoms with Crippen molar-refractivity contribution in [3.8, 4) is 0 Å². The van der Waals surface area contributed by atoms with Crippen molar-refractivity contribution in [2.45, 2.75) is 20.5 Å². The molecule has 0 aliphatic heterocycles. The van der Waals surface area contributed by atoms with Crippen molar-refractivity contribution >= 4 is 11.6 Å². The average Bonchev–Trinajstić information content (AvgIpc) is 2.23. The zero-order valence-corrected chi connectivity index (χ0v) is 10.5.